The van der Waals surface area contributed by atoms with Crippen LogP contribution in [0.15, 0.2) is 82.0 Å². The molecule has 0 aliphatic carbocycles. The minimum atomic E-state index is -1.95. The van der Waals surface area contributed by atoms with Crippen LogP contribution in [0.2, 0.25) is 0 Å². The van der Waals surface area contributed by atoms with E-state index in [0.717, 1.165) is 24.3 Å². The van der Waals surface area contributed by atoms with E-state index in [1.807, 2.05) is 0 Å². The Hall–Kier alpha value is -7.49. The second kappa shape index (κ2) is 22.9. The number of aliphatic hydroxyl groups excluding tert-OH is 7. The number of phenols is 3. The van der Waals surface area contributed by atoms with Crippen LogP contribution in [0, 0.1) is 5.92 Å². The van der Waals surface area contributed by atoms with Gasteiger partial charge in [-0.05, 0) is 71.8 Å². The molecule has 5 aromatic rings. The zero-order valence-corrected chi connectivity index (χ0v) is 39.0. The van der Waals surface area contributed by atoms with E-state index in [-0.39, 0.29) is 57.2 Å². The summed E-state index contributed by atoms with van der Waals surface area (Å²) in [4.78, 5) is 40.4. The molecular formula is C49H50O24. The Morgan fingerprint density at radius 3 is 1.75 bits per heavy atom. The lowest BCUT2D eigenvalue weighted by molar-refractivity contribution is -0.369. The van der Waals surface area contributed by atoms with Crippen LogP contribution < -0.4 is 38.6 Å². The summed E-state index contributed by atoms with van der Waals surface area (Å²) in [6.45, 7) is -1.63. The quantitative estimate of drug-likeness (QED) is 0.0353. The third kappa shape index (κ3) is 11.4. The number of benzene rings is 4. The standard InChI is InChI=1S/C49H50O24/c1-63-29-13-21(14-30(64-2)39(29)57)5-11-35(54)68-33-18-28-37(26(53)17-27(67-28)23-7-9-24(52)10-8-23)40(58)45(33)70-36(55)12-6-22-15-31(65-3)44(32(16-22)66-4)71-49-43(61)41(59)46(34(20-51)69-49)72-48-25(19-50)38(56)42(60)47(62)73-48/h5-18,25,34,38,41-43,46-52,56-62H,19-20H2,1-4H3/b11-5+,12-6+/t25-,34+,38-,41+,42+,43+,46+,47+,48?,49?/m0/s1. The normalized spacial score (nSPS) is 24.1. The van der Waals surface area contributed by atoms with Gasteiger partial charge in [0.25, 0.3) is 0 Å². The number of hydrogen-bond donors (Lipinski definition) is 10. The SMILES string of the molecule is COc1cc(/C=C/C(=O)Oc2cc3oc(-c4ccc(O)cc4)cc(=O)c3c(O)c2OC(=O)/C=C/c2cc(OC)c(OC3O[C@H](CO)[C@@H](OC4O[C@@H](O)[C@H](O)[C@@H](O)[C@@H]4CO)[C@H](O)[C@H]3O)c(OC)c2)cc(OC)c1O. The smallest absolute Gasteiger partial charge is 0.336 e. The van der Waals surface area contributed by atoms with Crippen molar-refractivity contribution in [3.05, 3.63) is 94.2 Å². The van der Waals surface area contributed by atoms with Gasteiger partial charge >= 0.3 is 11.9 Å². The number of esters is 2. The van der Waals surface area contributed by atoms with E-state index in [2.05, 4.69) is 0 Å². The Bertz CT molecular complexity index is 2860. The van der Waals surface area contributed by atoms with Crippen molar-refractivity contribution in [1.82, 2.24) is 0 Å². The fraction of sp³-hybridized carbons (Fsp3) is 0.327. The molecule has 0 spiro atoms. The molecular weight excluding hydrogens is 973 g/mol. The van der Waals surface area contributed by atoms with Crippen LogP contribution in [0.1, 0.15) is 11.1 Å². The van der Waals surface area contributed by atoms with Gasteiger partial charge in [-0.15, -0.1) is 0 Å². The molecule has 73 heavy (non-hydrogen) atoms. The minimum absolute atomic E-state index is 0.00197. The van der Waals surface area contributed by atoms with Gasteiger partial charge in [-0.1, -0.05) is 0 Å². The lowest BCUT2D eigenvalue weighted by atomic mass is 9.93. The van der Waals surface area contributed by atoms with Crippen molar-refractivity contribution in [2.24, 2.45) is 5.92 Å². The highest BCUT2D eigenvalue weighted by atomic mass is 16.8. The van der Waals surface area contributed by atoms with Gasteiger partial charge in [-0.2, -0.15) is 0 Å². The molecule has 2 unspecified atom stereocenters. The van der Waals surface area contributed by atoms with E-state index in [9.17, 15) is 65.4 Å². The van der Waals surface area contributed by atoms with E-state index >= 15 is 0 Å². The maximum atomic E-state index is 13.5. The highest BCUT2D eigenvalue weighted by Gasteiger charge is 2.51. The van der Waals surface area contributed by atoms with E-state index in [4.69, 9.17) is 51.8 Å². The molecule has 0 amide bonds. The third-order valence-electron chi connectivity index (χ3n) is 11.5. The molecule has 390 valence electrons. The summed E-state index contributed by atoms with van der Waals surface area (Å²) in [5, 5.41) is 104. The van der Waals surface area contributed by atoms with Crippen molar-refractivity contribution in [3.8, 4) is 68.8 Å². The van der Waals surface area contributed by atoms with Gasteiger partial charge in [-0.25, -0.2) is 9.59 Å². The predicted octanol–water partition coefficient (Wildman–Crippen LogP) is 1.06. The van der Waals surface area contributed by atoms with Crippen molar-refractivity contribution in [3.63, 3.8) is 0 Å². The van der Waals surface area contributed by atoms with Gasteiger partial charge in [0.1, 0.15) is 53.0 Å². The van der Waals surface area contributed by atoms with E-state index in [1.165, 1.54) is 89.1 Å². The Labute approximate surface area is 412 Å². The second-order valence-corrected chi connectivity index (χ2v) is 16.1. The number of rotatable bonds is 17. The number of ether oxygens (including phenoxy) is 10. The molecule has 2 aliphatic heterocycles. The number of carbonyl (C=O) groups excluding carboxylic acids is 2. The number of hydrogen-bond acceptors (Lipinski definition) is 24. The molecule has 1 aromatic heterocycles. The summed E-state index contributed by atoms with van der Waals surface area (Å²) < 4.78 is 60.8. The van der Waals surface area contributed by atoms with Crippen molar-refractivity contribution in [1.29, 1.82) is 0 Å². The Balaban J connectivity index is 1.14. The van der Waals surface area contributed by atoms with Gasteiger partial charge in [-0.3, -0.25) is 4.79 Å². The van der Waals surface area contributed by atoms with E-state index < -0.39 is 115 Å². The number of carbonyl (C=O) groups is 2. The molecule has 0 saturated carbocycles. The molecule has 0 radical (unpaired) electrons. The summed E-state index contributed by atoms with van der Waals surface area (Å²) in [5.74, 6) is -6.54. The molecule has 4 aromatic carbocycles. The predicted molar refractivity (Wildman–Crippen MR) is 248 cm³/mol. The van der Waals surface area contributed by atoms with Crippen LogP contribution in [0.4, 0.5) is 0 Å². The number of phenolic OH excluding ortho intramolecular Hbond substituents is 3. The molecule has 24 heteroatoms. The van der Waals surface area contributed by atoms with Crippen LogP contribution >= 0.6 is 0 Å². The first kappa shape index (κ1) is 53.3. The third-order valence-corrected chi connectivity index (χ3v) is 11.5. The van der Waals surface area contributed by atoms with Crippen molar-refractivity contribution in [2.45, 2.75) is 55.5 Å². The highest BCUT2D eigenvalue weighted by Crippen LogP contribution is 2.45. The fourth-order valence-corrected chi connectivity index (χ4v) is 7.75. The number of aliphatic hydroxyl groups is 7. The number of methoxy groups -OCH3 is 4. The van der Waals surface area contributed by atoms with Gasteiger partial charge in [0, 0.05) is 29.8 Å². The maximum Gasteiger partial charge on any atom is 0.336 e. The first-order valence-corrected chi connectivity index (χ1v) is 21.8. The maximum absolute atomic E-state index is 13.5. The van der Waals surface area contributed by atoms with Crippen LogP contribution in [0.5, 0.6) is 57.5 Å². The van der Waals surface area contributed by atoms with E-state index in [0.29, 0.717) is 11.1 Å². The van der Waals surface area contributed by atoms with Crippen LogP contribution in [-0.2, 0) is 23.8 Å². The Kier molecular flexibility index (Phi) is 16.8. The topological polar surface area (TPSA) is 359 Å². The van der Waals surface area contributed by atoms with Crippen molar-refractivity contribution < 1.29 is 112 Å². The molecule has 3 heterocycles. The average molecular weight is 1020 g/mol. The lowest BCUT2D eigenvalue weighted by Crippen LogP contribution is -2.64. The fourth-order valence-electron chi connectivity index (χ4n) is 7.75. The van der Waals surface area contributed by atoms with Crippen LogP contribution in [0.3, 0.4) is 0 Å². The molecule has 10 N–H and O–H groups in total. The van der Waals surface area contributed by atoms with Crippen molar-refractivity contribution in [2.75, 3.05) is 41.7 Å². The molecule has 2 aliphatic rings. The number of fused-ring (bicyclic) bond motifs is 1. The largest absolute Gasteiger partial charge is 0.508 e. The first-order valence-electron chi connectivity index (χ1n) is 21.8. The minimum Gasteiger partial charge on any atom is -0.508 e. The zero-order valence-electron chi connectivity index (χ0n) is 39.0. The summed E-state index contributed by atoms with van der Waals surface area (Å²) in [5.41, 5.74) is -0.215. The second-order valence-electron chi connectivity index (χ2n) is 16.1. The van der Waals surface area contributed by atoms with Crippen molar-refractivity contribution >= 4 is 35.1 Å². The van der Waals surface area contributed by atoms with Gasteiger partial charge in [0.2, 0.25) is 23.5 Å². The van der Waals surface area contributed by atoms with Gasteiger partial charge in [0.05, 0.1) is 53.7 Å². The monoisotopic (exact) mass is 1020 g/mol. The van der Waals surface area contributed by atoms with Gasteiger partial charge in [0.15, 0.2) is 52.5 Å². The summed E-state index contributed by atoms with van der Waals surface area (Å²) in [6.07, 6.45) is -11.4. The summed E-state index contributed by atoms with van der Waals surface area (Å²) >= 11 is 0. The van der Waals surface area contributed by atoms with E-state index in [1.54, 1.807) is 0 Å². The van der Waals surface area contributed by atoms with Crippen LogP contribution in [-0.4, -0.2) is 160 Å². The highest BCUT2D eigenvalue weighted by molar-refractivity contribution is 5.96. The van der Waals surface area contributed by atoms with Gasteiger partial charge < -0.3 is 103 Å². The molecule has 10 atom stereocenters. The first-order chi connectivity index (χ1) is 34.9. The molecule has 7 rings (SSSR count). The van der Waals surface area contributed by atoms with Crippen LogP contribution in [0.25, 0.3) is 34.4 Å². The summed E-state index contributed by atoms with van der Waals surface area (Å²) in [7, 11) is 5.09. The number of aromatic hydroxyl groups is 3. The molecule has 0 bridgehead atoms. The Morgan fingerprint density at radius 1 is 0.616 bits per heavy atom. The zero-order chi connectivity index (χ0) is 52.8. The lowest BCUT2D eigenvalue weighted by Gasteiger charge is -2.46. The molecule has 24 nitrogen and oxygen atoms in total. The Morgan fingerprint density at radius 2 is 1.19 bits per heavy atom. The average Bonchev–Trinajstić information content (AvgIpc) is 3.37. The molecule has 2 fully saturated rings. The molecule has 2 saturated heterocycles. The summed E-state index contributed by atoms with van der Waals surface area (Å²) in [6, 6.07) is 13.2.